The normalized spacial score (nSPS) is 14.8. The third-order valence-electron chi connectivity index (χ3n) is 2.74. The fourth-order valence-electron chi connectivity index (χ4n) is 1.69. The third-order valence-corrected chi connectivity index (χ3v) is 2.74. The summed E-state index contributed by atoms with van der Waals surface area (Å²) in [6, 6.07) is 0. The molecule has 0 radical (unpaired) electrons. The molecule has 0 spiro atoms. The van der Waals surface area contributed by atoms with Gasteiger partial charge in [-0.2, -0.15) is 0 Å². The SMILES string of the molecule is NCCCCCC(N)OC(N)CCCCCN. The maximum absolute atomic E-state index is 5.83. The second-order valence-electron chi connectivity index (χ2n) is 4.49. The summed E-state index contributed by atoms with van der Waals surface area (Å²) in [6.45, 7) is 1.49. The average molecular weight is 246 g/mol. The van der Waals surface area contributed by atoms with E-state index in [1.165, 1.54) is 0 Å². The van der Waals surface area contributed by atoms with Gasteiger partial charge in [0.1, 0.15) is 12.5 Å². The molecular formula is C12H30N4O. The van der Waals surface area contributed by atoms with Crippen molar-refractivity contribution in [2.45, 2.75) is 63.8 Å². The molecule has 2 unspecified atom stereocenters. The fourth-order valence-corrected chi connectivity index (χ4v) is 1.69. The van der Waals surface area contributed by atoms with Crippen molar-refractivity contribution in [2.24, 2.45) is 22.9 Å². The van der Waals surface area contributed by atoms with Gasteiger partial charge < -0.3 is 27.7 Å². The molecule has 0 saturated heterocycles. The van der Waals surface area contributed by atoms with E-state index in [2.05, 4.69) is 0 Å². The predicted molar refractivity (Wildman–Crippen MR) is 72.1 cm³/mol. The predicted octanol–water partition coefficient (Wildman–Crippen LogP) is 0.611. The molecule has 0 aliphatic carbocycles. The maximum Gasteiger partial charge on any atom is 0.107 e. The van der Waals surface area contributed by atoms with Crippen molar-refractivity contribution in [1.29, 1.82) is 0 Å². The topological polar surface area (TPSA) is 113 Å². The van der Waals surface area contributed by atoms with Gasteiger partial charge in [-0.3, -0.25) is 0 Å². The van der Waals surface area contributed by atoms with Gasteiger partial charge in [0.25, 0.3) is 0 Å². The standard InChI is InChI=1S/C12H30N4O/c13-9-5-1-3-7-11(15)17-12(16)8-4-2-6-10-14/h11-12H,1-10,13-16H2. The van der Waals surface area contributed by atoms with Crippen LogP contribution < -0.4 is 22.9 Å². The summed E-state index contributed by atoms with van der Waals surface area (Å²) in [5.74, 6) is 0. The molecule has 0 aromatic heterocycles. The largest absolute Gasteiger partial charge is 0.346 e. The van der Waals surface area contributed by atoms with Crippen LogP contribution in [0.1, 0.15) is 51.4 Å². The molecule has 5 nitrogen and oxygen atoms in total. The Balaban J connectivity index is 3.35. The lowest BCUT2D eigenvalue weighted by Crippen LogP contribution is -2.34. The molecule has 0 aromatic rings. The Hall–Kier alpha value is -0.200. The Morgan fingerprint density at radius 2 is 1.06 bits per heavy atom. The molecule has 0 aliphatic rings. The van der Waals surface area contributed by atoms with Gasteiger partial charge in [0.2, 0.25) is 0 Å². The van der Waals surface area contributed by atoms with E-state index in [-0.39, 0.29) is 12.5 Å². The zero-order chi connectivity index (χ0) is 12.9. The van der Waals surface area contributed by atoms with E-state index >= 15 is 0 Å². The van der Waals surface area contributed by atoms with Crippen LogP contribution in [0.5, 0.6) is 0 Å². The second-order valence-corrected chi connectivity index (χ2v) is 4.49. The number of rotatable bonds is 12. The molecule has 17 heavy (non-hydrogen) atoms. The van der Waals surface area contributed by atoms with Gasteiger partial charge in [-0.25, -0.2) is 0 Å². The first-order valence-corrected chi connectivity index (χ1v) is 6.77. The van der Waals surface area contributed by atoms with Gasteiger partial charge in [0, 0.05) is 0 Å². The van der Waals surface area contributed by atoms with E-state index in [1.807, 2.05) is 0 Å². The number of hydrogen-bond acceptors (Lipinski definition) is 5. The first-order chi connectivity index (χ1) is 8.20. The molecule has 0 bridgehead atoms. The Morgan fingerprint density at radius 3 is 1.41 bits per heavy atom. The highest BCUT2D eigenvalue weighted by Crippen LogP contribution is 2.07. The van der Waals surface area contributed by atoms with Gasteiger partial charge in [-0.1, -0.05) is 12.8 Å². The molecule has 0 saturated carbocycles. The molecule has 104 valence electrons. The van der Waals surface area contributed by atoms with Gasteiger partial charge in [-0.05, 0) is 51.6 Å². The van der Waals surface area contributed by atoms with Gasteiger partial charge in [0.05, 0.1) is 0 Å². The molecule has 2 atom stereocenters. The van der Waals surface area contributed by atoms with Crippen LogP contribution in [0.2, 0.25) is 0 Å². The van der Waals surface area contributed by atoms with E-state index in [0.717, 1.165) is 64.5 Å². The molecule has 0 rings (SSSR count). The van der Waals surface area contributed by atoms with Crippen molar-refractivity contribution in [3.05, 3.63) is 0 Å². The minimum Gasteiger partial charge on any atom is -0.346 e. The zero-order valence-electron chi connectivity index (χ0n) is 10.9. The average Bonchev–Trinajstić information content (AvgIpc) is 2.30. The highest BCUT2D eigenvalue weighted by atomic mass is 16.5. The molecule has 8 N–H and O–H groups in total. The molecular weight excluding hydrogens is 216 g/mol. The Labute approximate surface area is 105 Å². The number of ether oxygens (including phenoxy) is 1. The third kappa shape index (κ3) is 12.1. The number of nitrogens with two attached hydrogens (primary N) is 4. The van der Waals surface area contributed by atoms with Crippen LogP contribution in [0.4, 0.5) is 0 Å². The molecule has 0 aromatic carbocycles. The highest BCUT2D eigenvalue weighted by Gasteiger charge is 2.08. The molecule has 5 heteroatoms. The first-order valence-electron chi connectivity index (χ1n) is 6.77. The van der Waals surface area contributed by atoms with E-state index in [1.54, 1.807) is 0 Å². The van der Waals surface area contributed by atoms with E-state index in [9.17, 15) is 0 Å². The minimum atomic E-state index is -0.239. The van der Waals surface area contributed by atoms with Crippen LogP contribution in [-0.4, -0.2) is 25.5 Å². The Bertz CT molecular complexity index is 141. The van der Waals surface area contributed by atoms with Crippen LogP contribution >= 0.6 is 0 Å². The molecule has 0 fully saturated rings. The summed E-state index contributed by atoms with van der Waals surface area (Å²) in [7, 11) is 0. The summed E-state index contributed by atoms with van der Waals surface area (Å²) in [5.41, 5.74) is 22.5. The van der Waals surface area contributed by atoms with E-state index in [0.29, 0.717) is 0 Å². The number of unbranched alkanes of at least 4 members (excludes halogenated alkanes) is 4. The van der Waals surface area contributed by atoms with Crippen molar-refractivity contribution < 1.29 is 4.74 Å². The zero-order valence-corrected chi connectivity index (χ0v) is 10.9. The second kappa shape index (κ2) is 12.3. The van der Waals surface area contributed by atoms with Gasteiger partial charge in [0.15, 0.2) is 0 Å². The molecule has 0 aliphatic heterocycles. The Kier molecular flexibility index (Phi) is 12.1. The minimum absolute atomic E-state index is 0.239. The van der Waals surface area contributed by atoms with Crippen molar-refractivity contribution in [2.75, 3.05) is 13.1 Å². The monoisotopic (exact) mass is 246 g/mol. The quantitative estimate of drug-likeness (QED) is 0.298. The van der Waals surface area contributed by atoms with Crippen LogP contribution in [0.3, 0.4) is 0 Å². The lowest BCUT2D eigenvalue weighted by Gasteiger charge is -2.18. The maximum atomic E-state index is 5.83. The highest BCUT2D eigenvalue weighted by molar-refractivity contribution is 4.56. The summed E-state index contributed by atoms with van der Waals surface area (Å²) in [6.07, 6.45) is 7.67. The lowest BCUT2D eigenvalue weighted by atomic mass is 10.1. The summed E-state index contributed by atoms with van der Waals surface area (Å²) in [5, 5.41) is 0. The van der Waals surface area contributed by atoms with Crippen LogP contribution in [0.25, 0.3) is 0 Å². The lowest BCUT2D eigenvalue weighted by molar-refractivity contribution is -0.0155. The summed E-state index contributed by atoms with van der Waals surface area (Å²) >= 11 is 0. The summed E-state index contributed by atoms with van der Waals surface area (Å²) in [4.78, 5) is 0. The summed E-state index contributed by atoms with van der Waals surface area (Å²) < 4.78 is 5.50. The van der Waals surface area contributed by atoms with Crippen molar-refractivity contribution in [3.8, 4) is 0 Å². The smallest absolute Gasteiger partial charge is 0.107 e. The molecule has 0 heterocycles. The fraction of sp³-hybridized carbons (Fsp3) is 1.00. The van der Waals surface area contributed by atoms with E-state index in [4.69, 9.17) is 27.7 Å². The van der Waals surface area contributed by atoms with Crippen molar-refractivity contribution in [1.82, 2.24) is 0 Å². The van der Waals surface area contributed by atoms with Gasteiger partial charge >= 0.3 is 0 Å². The van der Waals surface area contributed by atoms with Crippen molar-refractivity contribution in [3.63, 3.8) is 0 Å². The van der Waals surface area contributed by atoms with E-state index < -0.39 is 0 Å². The first kappa shape index (κ1) is 16.8. The van der Waals surface area contributed by atoms with Crippen LogP contribution in [-0.2, 0) is 4.74 Å². The number of hydrogen-bond donors (Lipinski definition) is 4. The van der Waals surface area contributed by atoms with Crippen molar-refractivity contribution >= 4 is 0 Å². The Morgan fingerprint density at radius 1 is 0.647 bits per heavy atom. The van der Waals surface area contributed by atoms with Crippen LogP contribution in [0.15, 0.2) is 0 Å². The van der Waals surface area contributed by atoms with Gasteiger partial charge in [-0.15, -0.1) is 0 Å². The van der Waals surface area contributed by atoms with Crippen LogP contribution in [0, 0.1) is 0 Å². The molecule has 0 amide bonds.